The summed E-state index contributed by atoms with van der Waals surface area (Å²) in [6, 6.07) is 15.6. The third kappa shape index (κ3) is 4.93. The van der Waals surface area contributed by atoms with Crippen molar-refractivity contribution in [3.8, 4) is 17.1 Å². The first-order valence-electron chi connectivity index (χ1n) is 8.46. The second-order valence-corrected chi connectivity index (χ2v) is 6.64. The minimum atomic E-state index is -0.321. The van der Waals surface area contributed by atoms with Gasteiger partial charge in [-0.2, -0.15) is 0 Å². The molecular formula is C19H19FN4O2S. The van der Waals surface area contributed by atoms with Gasteiger partial charge in [-0.1, -0.05) is 30.0 Å². The van der Waals surface area contributed by atoms with Gasteiger partial charge in [-0.3, -0.25) is 9.36 Å². The van der Waals surface area contributed by atoms with Gasteiger partial charge in [0.2, 0.25) is 5.91 Å². The van der Waals surface area contributed by atoms with E-state index in [0.29, 0.717) is 23.9 Å². The Morgan fingerprint density at radius 3 is 2.56 bits per heavy atom. The van der Waals surface area contributed by atoms with Crippen LogP contribution in [0.5, 0.6) is 0 Å². The average Bonchev–Trinajstić information content (AvgIpc) is 3.12. The Morgan fingerprint density at radius 2 is 1.85 bits per heavy atom. The van der Waals surface area contributed by atoms with Crippen molar-refractivity contribution in [1.29, 1.82) is 0 Å². The molecule has 27 heavy (non-hydrogen) atoms. The highest BCUT2D eigenvalue weighted by Crippen LogP contribution is 2.27. The number of amides is 1. The zero-order valence-corrected chi connectivity index (χ0v) is 15.3. The molecule has 0 fully saturated rings. The molecule has 1 aromatic heterocycles. The van der Waals surface area contributed by atoms with Gasteiger partial charge < -0.3 is 10.4 Å². The lowest BCUT2D eigenvalue weighted by Crippen LogP contribution is -2.26. The molecule has 6 nitrogen and oxygen atoms in total. The molecule has 0 saturated heterocycles. The SMILES string of the molecule is O=C(CSc1nnc(-c2ccc(F)cc2)n1-c1ccccc1)NCCCO. The summed E-state index contributed by atoms with van der Waals surface area (Å²) in [6.07, 6.45) is 0.519. The molecule has 1 heterocycles. The molecule has 0 radical (unpaired) electrons. The van der Waals surface area contributed by atoms with E-state index in [9.17, 15) is 9.18 Å². The Hall–Kier alpha value is -2.71. The second kappa shape index (κ2) is 9.29. The molecule has 0 bridgehead atoms. The predicted octanol–water partition coefficient (Wildman–Crippen LogP) is 2.66. The summed E-state index contributed by atoms with van der Waals surface area (Å²) in [5, 5.41) is 20.6. The zero-order valence-electron chi connectivity index (χ0n) is 14.5. The minimum Gasteiger partial charge on any atom is -0.396 e. The van der Waals surface area contributed by atoms with Crippen molar-refractivity contribution in [2.75, 3.05) is 18.9 Å². The monoisotopic (exact) mass is 386 g/mol. The Morgan fingerprint density at radius 1 is 1.11 bits per heavy atom. The van der Waals surface area contributed by atoms with Crippen molar-refractivity contribution in [1.82, 2.24) is 20.1 Å². The average molecular weight is 386 g/mol. The van der Waals surface area contributed by atoms with E-state index in [-0.39, 0.29) is 24.1 Å². The molecule has 0 unspecified atom stereocenters. The summed E-state index contributed by atoms with van der Waals surface area (Å²) in [5.41, 5.74) is 1.58. The highest BCUT2D eigenvalue weighted by atomic mass is 32.2. The summed E-state index contributed by atoms with van der Waals surface area (Å²) in [4.78, 5) is 11.9. The highest BCUT2D eigenvalue weighted by Gasteiger charge is 2.17. The maximum Gasteiger partial charge on any atom is 0.230 e. The quantitative estimate of drug-likeness (QED) is 0.460. The third-order valence-corrected chi connectivity index (χ3v) is 4.67. The molecule has 3 rings (SSSR count). The number of nitrogens with one attached hydrogen (secondary N) is 1. The fraction of sp³-hybridized carbons (Fsp3) is 0.211. The zero-order chi connectivity index (χ0) is 19.1. The number of halogens is 1. The fourth-order valence-electron chi connectivity index (χ4n) is 2.45. The van der Waals surface area contributed by atoms with E-state index in [2.05, 4.69) is 15.5 Å². The summed E-state index contributed by atoms with van der Waals surface area (Å²) in [7, 11) is 0. The third-order valence-electron chi connectivity index (χ3n) is 3.74. The Bertz CT molecular complexity index is 884. The van der Waals surface area contributed by atoms with Crippen molar-refractivity contribution in [2.24, 2.45) is 0 Å². The minimum absolute atomic E-state index is 0.0385. The van der Waals surface area contributed by atoms with Crippen LogP contribution in [0.25, 0.3) is 17.1 Å². The van der Waals surface area contributed by atoms with Gasteiger partial charge in [-0.05, 0) is 42.8 Å². The number of nitrogens with zero attached hydrogens (tertiary/aromatic N) is 3. The van der Waals surface area contributed by atoms with Crippen LogP contribution in [0.2, 0.25) is 0 Å². The molecule has 2 N–H and O–H groups in total. The van der Waals surface area contributed by atoms with Gasteiger partial charge in [0.25, 0.3) is 0 Å². The van der Waals surface area contributed by atoms with Gasteiger partial charge in [0.15, 0.2) is 11.0 Å². The van der Waals surface area contributed by atoms with Crippen LogP contribution < -0.4 is 5.32 Å². The molecule has 8 heteroatoms. The van der Waals surface area contributed by atoms with E-state index >= 15 is 0 Å². The van der Waals surface area contributed by atoms with Crippen LogP contribution in [0, 0.1) is 5.82 Å². The van der Waals surface area contributed by atoms with Crippen LogP contribution in [0.3, 0.4) is 0 Å². The van der Waals surface area contributed by atoms with Crippen LogP contribution in [0.15, 0.2) is 59.8 Å². The maximum atomic E-state index is 13.3. The topological polar surface area (TPSA) is 80.0 Å². The molecule has 1 amide bonds. The molecule has 2 aromatic carbocycles. The van der Waals surface area contributed by atoms with Crippen molar-refractivity contribution < 1.29 is 14.3 Å². The summed E-state index contributed by atoms with van der Waals surface area (Å²) in [5.74, 6) is 0.294. The lowest BCUT2D eigenvalue weighted by molar-refractivity contribution is -0.118. The van der Waals surface area contributed by atoms with E-state index < -0.39 is 0 Å². The largest absolute Gasteiger partial charge is 0.396 e. The van der Waals surface area contributed by atoms with Crippen LogP contribution in [0.4, 0.5) is 4.39 Å². The van der Waals surface area contributed by atoms with E-state index in [0.717, 1.165) is 11.3 Å². The molecule has 0 aliphatic rings. The van der Waals surface area contributed by atoms with E-state index in [1.54, 1.807) is 12.1 Å². The second-order valence-electron chi connectivity index (χ2n) is 5.70. The fourth-order valence-corrected chi connectivity index (χ4v) is 3.23. The van der Waals surface area contributed by atoms with E-state index in [1.807, 2.05) is 34.9 Å². The van der Waals surface area contributed by atoms with Crippen LogP contribution in [-0.2, 0) is 4.79 Å². The smallest absolute Gasteiger partial charge is 0.230 e. The Balaban J connectivity index is 1.86. The number of hydrogen-bond donors (Lipinski definition) is 2. The van der Waals surface area contributed by atoms with Crippen LogP contribution in [-0.4, -0.2) is 44.7 Å². The highest BCUT2D eigenvalue weighted by molar-refractivity contribution is 7.99. The van der Waals surface area contributed by atoms with Crippen molar-refractivity contribution in [3.63, 3.8) is 0 Å². The summed E-state index contributed by atoms with van der Waals surface area (Å²) in [6.45, 7) is 0.471. The standard InChI is InChI=1S/C19H19FN4O2S/c20-15-9-7-14(8-10-15)18-22-23-19(24(18)16-5-2-1-3-6-16)27-13-17(26)21-11-4-12-25/h1-3,5-10,25H,4,11-13H2,(H,21,26). The number of aliphatic hydroxyl groups is 1. The number of hydrogen-bond acceptors (Lipinski definition) is 5. The first kappa shape index (κ1) is 19.1. The van der Waals surface area contributed by atoms with Crippen LogP contribution >= 0.6 is 11.8 Å². The lowest BCUT2D eigenvalue weighted by Gasteiger charge is -2.10. The van der Waals surface area contributed by atoms with E-state index in [1.165, 1.54) is 23.9 Å². The van der Waals surface area contributed by atoms with Gasteiger partial charge in [0.05, 0.1) is 5.75 Å². The molecule has 0 aliphatic carbocycles. The maximum absolute atomic E-state index is 13.3. The lowest BCUT2D eigenvalue weighted by atomic mass is 10.2. The number of carbonyl (C=O) groups is 1. The van der Waals surface area contributed by atoms with Gasteiger partial charge in [-0.25, -0.2) is 4.39 Å². The number of carbonyl (C=O) groups excluding carboxylic acids is 1. The molecular weight excluding hydrogens is 367 g/mol. The molecule has 0 saturated carbocycles. The number of aliphatic hydroxyl groups excluding tert-OH is 1. The van der Waals surface area contributed by atoms with Crippen molar-refractivity contribution in [2.45, 2.75) is 11.6 Å². The first-order chi connectivity index (χ1) is 13.2. The van der Waals surface area contributed by atoms with Crippen LogP contribution in [0.1, 0.15) is 6.42 Å². The van der Waals surface area contributed by atoms with Gasteiger partial charge in [-0.15, -0.1) is 10.2 Å². The number of benzene rings is 2. The normalized spacial score (nSPS) is 10.7. The van der Waals surface area contributed by atoms with Crippen molar-refractivity contribution in [3.05, 3.63) is 60.4 Å². The van der Waals surface area contributed by atoms with Gasteiger partial charge in [0, 0.05) is 24.4 Å². The number of para-hydroxylation sites is 1. The molecule has 0 aliphatic heterocycles. The Kier molecular flexibility index (Phi) is 6.56. The predicted molar refractivity (Wildman–Crippen MR) is 102 cm³/mol. The first-order valence-corrected chi connectivity index (χ1v) is 9.44. The summed E-state index contributed by atoms with van der Waals surface area (Å²) < 4.78 is 15.1. The van der Waals surface area contributed by atoms with Crippen molar-refractivity contribution >= 4 is 17.7 Å². The number of aromatic nitrogens is 3. The number of rotatable bonds is 8. The number of thioether (sulfide) groups is 1. The molecule has 140 valence electrons. The molecule has 3 aromatic rings. The molecule has 0 atom stereocenters. The van der Waals surface area contributed by atoms with Gasteiger partial charge >= 0.3 is 0 Å². The Labute approximate surface area is 160 Å². The molecule has 0 spiro atoms. The van der Waals surface area contributed by atoms with E-state index in [4.69, 9.17) is 5.11 Å². The van der Waals surface area contributed by atoms with Gasteiger partial charge in [0.1, 0.15) is 5.82 Å². The summed E-state index contributed by atoms with van der Waals surface area (Å²) >= 11 is 1.27.